The van der Waals surface area contributed by atoms with Gasteiger partial charge in [0.1, 0.15) is 5.75 Å². The van der Waals surface area contributed by atoms with E-state index in [0.29, 0.717) is 22.5 Å². The van der Waals surface area contributed by atoms with Crippen molar-refractivity contribution in [2.75, 3.05) is 5.43 Å². The molecule has 0 saturated carbocycles. The second-order valence-electron chi connectivity index (χ2n) is 4.54. The molecule has 0 spiro atoms. The first-order valence-electron chi connectivity index (χ1n) is 6.43. The Morgan fingerprint density at radius 2 is 2.05 bits per heavy atom. The maximum Gasteiger partial charge on any atom is 0.335 e. The molecule has 1 heterocycles. The normalized spacial score (nSPS) is 10.8. The molecule has 7 heteroatoms. The number of nitrogens with zero attached hydrogens (tertiary/aromatic N) is 2. The lowest BCUT2D eigenvalue weighted by Gasteiger charge is -2.07. The third-order valence-electron chi connectivity index (χ3n) is 3.05. The molecule has 0 aliphatic heterocycles. The number of aliphatic hydroxyl groups excluding tert-OH is 1. The van der Waals surface area contributed by atoms with Gasteiger partial charge in [-0.15, -0.1) is 0 Å². The van der Waals surface area contributed by atoms with E-state index < -0.39 is 5.97 Å². The zero-order valence-corrected chi connectivity index (χ0v) is 11.8. The molecule has 0 atom stereocenters. The van der Waals surface area contributed by atoms with Crippen molar-refractivity contribution in [2.24, 2.45) is 5.10 Å². The Morgan fingerprint density at radius 1 is 1.36 bits per heavy atom. The van der Waals surface area contributed by atoms with Gasteiger partial charge in [0, 0.05) is 17.3 Å². The van der Waals surface area contributed by atoms with E-state index in [4.69, 9.17) is 5.11 Å². The van der Waals surface area contributed by atoms with Crippen LogP contribution in [0.1, 0.15) is 27.2 Å². The van der Waals surface area contributed by atoms with Crippen LogP contribution in [-0.2, 0) is 6.61 Å². The smallest absolute Gasteiger partial charge is 0.335 e. The summed E-state index contributed by atoms with van der Waals surface area (Å²) in [6.07, 6.45) is 2.85. The van der Waals surface area contributed by atoms with E-state index in [1.54, 1.807) is 19.1 Å². The lowest BCUT2D eigenvalue weighted by Crippen LogP contribution is -2.00. The first-order chi connectivity index (χ1) is 10.5. The van der Waals surface area contributed by atoms with Crippen LogP contribution in [0.2, 0.25) is 0 Å². The molecule has 0 bridgehead atoms. The number of aryl methyl sites for hydroxylation is 1. The van der Waals surface area contributed by atoms with Gasteiger partial charge in [0.25, 0.3) is 0 Å². The van der Waals surface area contributed by atoms with E-state index >= 15 is 0 Å². The Bertz CT molecular complexity index is 711. The molecule has 0 amide bonds. The van der Waals surface area contributed by atoms with E-state index in [9.17, 15) is 15.0 Å². The lowest BCUT2D eigenvalue weighted by molar-refractivity contribution is 0.0697. The van der Waals surface area contributed by atoms with Crippen molar-refractivity contribution >= 4 is 17.9 Å². The standard InChI is InChI=1S/C15H15N3O4/c1-9-14(20)13(11(8-19)6-16-9)7-17-18-12-4-2-10(3-5-12)15(21)22/h2-7,18-20H,8H2,1H3,(H,21,22). The van der Waals surface area contributed by atoms with Crippen LogP contribution in [0.4, 0.5) is 5.69 Å². The van der Waals surface area contributed by atoms with E-state index in [1.807, 2.05) is 0 Å². The molecule has 0 aliphatic rings. The Morgan fingerprint density at radius 3 is 2.64 bits per heavy atom. The summed E-state index contributed by atoms with van der Waals surface area (Å²) in [5.41, 5.74) is 4.76. The number of carbonyl (C=O) groups is 1. The highest BCUT2D eigenvalue weighted by molar-refractivity contribution is 5.88. The van der Waals surface area contributed by atoms with Gasteiger partial charge in [-0.2, -0.15) is 5.10 Å². The number of aliphatic hydroxyl groups is 1. The average Bonchev–Trinajstić information content (AvgIpc) is 2.52. The Labute approximate surface area is 126 Å². The molecular weight excluding hydrogens is 286 g/mol. The Balaban J connectivity index is 2.16. The number of anilines is 1. The minimum absolute atomic E-state index is 0.0432. The molecule has 2 rings (SSSR count). The monoisotopic (exact) mass is 301 g/mol. The number of pyridine rings is 1. The molecule has 7 nitrogen and oxygen atoms in total. The summed E-state index contributed by atoms with van der Waals surface area (Å²) in [6, 6.07) is 6.05. The van der Waals surface area contributed by atoms with Crippen LogP contribution >= 0.6 is 0 Å². The van der Waals surface area contributed by atoms with Gasteiger partial charge in [-0.25, -0.2) is 4.79 Å². The molecule has 4 N–H and O–H groups in total. The Kier molecular flexibility index (Phi) is 4.70. The summed E-state index contributed by atoms with van der Waals surface area (Å²) in [5.74, 6) is -1.04. The quantitative estimate of drug-likeness (QED) is 0.494. The van der Waals surface area contributed by atoms with Crippen LogP contribution in [0.5, 0.6) is 5.75 Å². The zero-order valence-electron chi connectivity index (χ0n) is 11.8. The van der Waals surface area contributed by atoms with Gasteiger partial charge < -0.3 is 15.3 Å². The van der Waals surface area contributed by atoms with Crippen LogP contribution in [-0.4, -0.2) is 32.5 Å². The second-order valence-corrected chi connectivity index (χ2v) is 4.54. The summed E-state index contributed by atoms with van der Waals surface area (Å²) in [5, 5.41) is 32.0. The molecule has 22 heavy (non-hydrogen) atoms. The largest absolute Gasteiger partial charge is 0.505 e. The number of nitrogens with one attached hydrogen (secondary N) is 1. The fourth-order valence-electron chi connectivity index (χ4n) is 1.78. The highest BCUT2D eigenvalue weighted by Crippen LogP contribution is 2.22. The first kappa shape index (κ1) is 15.5. The van der Waals surface area contributed by atoms with Gasteiger partial charge in [-0.3, -0.25) is 10.4 Å². The van der Waals surface area contributed by atoms with E-state index in [-0.39, 0.29) is 17.9 Å². The molecule has 1 aromatic heterocycles. The van der Waals surface area contributed by atoms with Crippen molar-refractivity contribution in [3.05, 3.63) is 52.8 Å². The number of aromatic carboxylic acids is 1. The molecule has 0 radical (unpaired) electrons. The summed E-state index contributed by atoms with van der Waals surface area (Å²) >= 11 is 0. The number of aromatic hydroxyl groups is 1. The van der Waals surface area contributed by atoms with E-state index in [2.05, 4.69) is 15.5 Å². The van der Waals surface area contributed by atoms with Gasteiger partial charge in [0.05, 0.1) is 29.8 Å². The third kappa shape index (κ3) is 3.39. The maximum atomic E-state index is 10.7. The van der Waals surface area contributed by atoms with Gasteiger partial charge in [0.15, 0.2) is 0 Å². The van der Waals surface area contributed by atoms with Crippen LogP contribution < -0.4 is 5.43 Å². The van der Waals surface area contributed by atoms with Gasteiger partial charge >= 0.3 is 5.97 Å². The summed E-state index contributed by atoms with van der Waals surface area (Å²) < 4.78 is 0. The van der Waals surface area contributed by atoms with Crippen molar-refractivity contribution < 1.29 is 20.1 Å². The van der Waals surface area contributed by atoms with Crippen LogP contribution in [0.15, 0.2) is 35.6 Å². The number of rotatable bonds is 5. The SMILES string of the molecule is Cc1ncc(CO)c(C=NNc2ccc(C(=O)O)cc2)c1O. The van der Waals surface area contributed by atoms with Crippen LogP contribution in [0.3, 0.4) is 0 Å². The number of aromatic nitrogens is 1. The predicted molar refractivity (Wildman–Crippen MR) is 81.2 cm³/mol. The summed E-state index contributed by atoms with van der Waals surface area (Å²) in [4.78, 5) is 14.7. The molecule has 0 aliphatic carbocycles. The number of hydrogen-bond acceptors (Lipinski definition) is 6. The lowest BCUT2D eigenvalue weighted by atomic mass is 10.1. The van der Waals surface area contributed by atoms with E-state index in [1.165, 1.54) is 24.5 Å². The molecule has 2 aromatic rings. The van der Waals surface area contributed by atoms with Gasteiger partial charge in [-0.1, -0.05) is 0 Å². The maximum absolute atomic E-state index is 10.7. The van der Waals surface area contributed by atoms with Crippen molar-refractivity contribution in [3.8, 4) is 5.75 Å². The van der Waals surface area contributed by atoms with Crippen molar-refractivity contribution in [3.63, 3.8) is 0 Å². The molecule has 114 valence electrons. The van der Waals surface area contributed by atoms with Crippen molar-refractivity contribution in [1.82, 2.24) is 4.98 Å². The van der Waals surface area contributed by atoms with Crippen molar-refractivity contribution in [1.29, 1.82) is 0 Å². The van der Waals surface area contributed by atoms with Gasteiger partial charge in [0.2, 0.25) is 0 Å². The topological polar surface area (TPSA) is 115 Å². The Hall–Kier alpha value is -2.93. The second kappa shape index (κ2) is 6.68. The molecule has 0 fully saturated rings. The highest BCUT2D eigenvalue weighted by Gasteiger charge is 2.09. The number of carboxylic acids is 1. The van der Waals surface area contributed by atoms with Crippen LogP contribution in [0.25, 0.3) is 0 Å². The predicted octanol–water partition coefficient (Wildman–Crippen LogP) is 1.73. The molecule has 1 aromatic carbocycles. The van der Waals surface area contributed by atoms with Gasteiger partial charge in [-0.05, 0) is 31.2 Å². The molecular formula is C15H15N3O4. The van der Waals surface area contributed by atoms with Crippen molar-refractivity contribution in [2.45, 2.75) is 13.5 Å². The highest BCUT2D eigenvalue weighted by atomic mass is 16.4. The summed E-state index contributed by atoms with van der Waals surface area (Å²) in [7, 11) is 0. The number of benzene rings is 1. The molecule has 0 saturated heterocycles. The third-order valence-corrected chi connectivity index (χ3v) is 3.05. The number of carboxylic acid groups (broad SMARTS) is 1. The molecule has 0 unspecified atom stereocenters. The average molecular weight is 301 g/mol. The van der Waals surface area contributed by atoms with E-state index in [0.717, 1.165) is 0 Å². The fourth-order valence-corrected chi connectivity index (χ4v) is 1.78. The summed E-state index contributed by atoms with van der Waals surface area (Å²) in [6.45, 7) is 1.38. The number of hydrazone groups is 1. The minimum atomic E-state index is -1.00. The van der Waals surface area contributed by atoms with Crippen LogP contribution in [0, 0.1) is 6.92 Å². The minimum Gasteiger partial charge on any atom is -0.505 e. The first-order valence-corrected chi connectivity index (χ1v) is 6.43. The fraction of sp³-hybridized carbons (Fsp3) is 0.133. The number of hydrogen-bond donors (Lipinski definition) is 4. The zero-order chi connectivity index (χ0) is 16.1.